The molecule has 1 aliphatic heterocycles. The van der Waals surface area contributed by atoms with Gasteiger partial charge in [-0.25, -0.2) is 9.37 Å². The van der Waals surface area contributed by atoms with Crippen molar-refractivity contribution >= 4 is 11.8 Å². The fourth-order valence-electron chi connectivity index (χ4n) is 4.40. The van der Waals surface area contributed by atoms with Gasteiger partial charge in [-0.3, -0.25) is 9.59 Å². The summed E-state index contributed by atoms with van der Waals surface area (Å²) in [5, 5.41) is 2.64. The summed E-state index contributed by atoms with van der Waals surface area (Å²) in [6.07, 6.45) is 5.40. The predicted molar refractivity (Wildman–Crippen MR) is 126 cm³/mol. The first kappa shape index (κ1) is 22.8. The van der Waals surface area contributed by atoms with Crippen molar-refractivity contribution in [3.05, 3.63) is 95.5 Å². The molecule has 2 heterocycles. The largest absolute Gasteiger partial charge is 0.484 e. The van der Waals surface area contributed by atoms with Crippen molar-refractivity contribution in [2.75, 3.05) is 13.1 Å². The van der Waals surface area contributed by atoms with E-state index in [-0.39, 0.29) is 47.8 Å². The fourth-order valence-corrected chi connectivity index (χ4v) is 4.40. The summed E-state index contributed by atoms with van der Waals surface area (Å²) in [7, 11) is 0. The third-order valence-electron chi connectivity index (χ3n) is 6.27. The molecular weight excluding hydrogens is 449 g/mol. The second kappa shape index (κ2) is 9.74. The van der Waals surface area contributed by atoms with Gasteiger partial charge in [-0.2, -0.15) is 0 Å². The van der Waals surface area contributed by atoms with Gasteiger partial charge < -0.3 is 19.4 Å². The van der Waals surface area contributed by atoms with Gasteiger partial charge in [0, 0.05) is 19.0 Å². The van der Waals surface area contributed by atoms with E-state index >= 15 is 0 Å². The lowest BCUT2D eigenvalue weighted by Gasteiger charge is -2.38. The van der Waals surface area contributed by atoms with Crippen LogP contribution in [0.4, 0.5) is 4.39 Å². The van der Waals surface area contributed by atoms with Crippen molar-refractivity contribution in [3.8, 4) is 5.75 Å². The van der Waals surface area contributed by atoms with Crippen LogP contribution < -0.4 is 10.1 Å². The predicted octanol–water partition coefficient (Wildman–Crippen LogP) is 4.19. The molecule has 0 saturated heterocycles. The molecule has 180 valence electrons. The van der Waals surface area contributed by atoms with E-state index in [1.165, 1.54) is 18.4 Å². The van der Waals surface area contributed by atoms with E-state index < -0.39 is 0 Å². The maximum atomic E-state index is 14.1. The van der Waals surface area contributed by atoms with Crippen molar-refractivity contribution in [2.45, 2.75) is 31.9 Å². The van der Waals surface area contributed by atoms with Crippen molar-refractivity contribution in [1.29, 1.82) is 0 Å². The Hall–Kier alpha value is -3.94. The van der Waals surface area contributed by atoms with Gasteiger partial charge in [0.1, 0.15) is 17.8 Å². The SMILES string of the molecule is C=CCNC(=O)c1coc(COc2ccc3c(c2)[C@H](c2cccc(F)c2)N(C(=O)C2CC2)CC3)n1. The molecule has 3 aromatic rings. The highest BCUT2D eigenvalue weighted by Gasteiger charge is 2.39. The maximum absolute atomic E-state index is 14.1. The average molecular weight is 476 g/mol. The summed E-state index contributed by atoms with van der Waals surface area (Å²) in [6.45, 7) is 4.52. The Bertz CT molecular complexity index is 1270. The Morgan fingerprint density at radius 3 is 2.89 bits per heavy atom. The van der Waals surface area contributed by atoms with E-state index in [9.17, 15) is 14.0 Å². The quantitative estimate of drug-likeness (QED) is 0.494. The van der Waals surface area contributed by atoms with Crippen LogP contribution in [0, 0.1) is 11.7 Å². The number of fused-ring (bicyclic) bond motifs is 1. The summed E-state index contributed by atoms with van der Waals surface area (Å²) >= 11 is 0. The van der Waals surface area contributed by atoms with Gasteiger partial charge in [0.05, 0.1) is 6.04 Å². The van der Waals surface area contributed by atoms with Crippen LogP contribution in [0.2, 0.25) is 0 Å². The second-order valence-electron chi connectivity index (χ2n) is 8.79. The number of ether oxygens (including phenoxy) is 1. The van der Waals surface area contributed by atoms with E-state index in [0.29, 0.717) is 18.8 Å². The Kier molecular flexibility index (Phi) is 6.35. The lowest BCUT2D eigenvalue weighted by Crippen LogP contribution is -2.41. The number of nitrogens with one attached hydrogen (secondary N) is 1. The molecule has 2 amide bonds. The lowest BCUT2D eigenvalue weighted by molar-refractivity contribution is -0.134. The van der Waals surface area contributed by atoms with Crippen LogP contribution in [0.1, 0.15) is 52.0 Å². The number of oxazole rings is 1. The summed E-state index contributed by atoms with van der Waals surface area (Å²) in [4.78, 5) is 31.1. The van der Waals surface area contributed by atoms with Crippen molar-refractivity contribution in [3.63, 3.8) is 0 Å². The molecule has 0 radical (unpaired) electrons. The van der Waals surface area contributed by atoms with Gasteiger partial charge in [-0.15, -0.1) is 6.58 Å². The molecule has 2 aliphatic rings. The molecule has 1 saturated carbocycles. The number of benzene rings is 2. The van der Waals surface area contributed by atoms with Crippen LogP contribution in [0.25, 0.3) is 0 Å². The Morgan fingerprint density at radius 1 is 1.26 bits per heavy atom. The minimum absolute atomic E-state index is 0.0306. The van der Waals surface area contributed by atoms with Gasteiger partial charge in [0.2, 0.25) is 11.8 Å². The third-order valence-corrected chi connectivity index (χ3v) is 6.27. The zero-order valence-electron chi connectivity index (χ0n) is 19.2. The van der Waals surface area contributed by atoms with Gasteiger partial charge in [0.15, 0.2) is 12.3 Å². The van der Waals surface area contributed by atoms with Crippen LogP contribution in [0.5, 0.6) is 5.75 Å². The minimum Gasteiger partial charge on any atom is -0.484 e. The van der Waals surface area contributed by atoms with E-state index in [1.807, 2.05) is 29.2 Å². The average Bonchev–Trinajstić information content (AvgIpc) is 3.62. The number of rotatable bonds is 8. The zero-order valence-corrected chi connectivity index (χ0v) is 19.2. The monoisotopic (exact) mass is 475 g/mol. The highest BCUT2D eigenvalue weighted by Crippen LogP contribution is 2.41. The first-order valence-corrected chi connectivity index (χ1v) is 11.7. The standard InChI is InChI=1S/C27H26FN3O4/c1-2-11-29-26(32)23-15-35-24(30-23)16-34-21-9-8-17-10-12-31(27(33)18-6-7-18)25(22(17)14-21)19-4-3-5-20(28)13-19/h2-5,8-9,13-15,18,25H,1,6-7,10-12,16H2,(H,29,32)/t25-/m0/s1. The Morgan fingerprint density at radius 2 is 2.11 bits per heavy atom. The molecule has 0 bridgehead atoms. The highest BCUT2D eigenvalue weighted by molar-refractivity contribution is 5.91. The van der Waals surface area contributed by atoms with Crippen LogP contribution in [0.15, 0.2) is 65.8 Å². The van der Waals surface area contributed by atoms with Gasteiger partial charge in [0.25, 0.3) is 5.91 Å². The molecule has 1 aliphatic carbocycles. The molecule has 1 atom stereocenters. The molecule has 8 heteroatoms. The first-order valence-electron chi connectivity index (χ1n) is 11.7. The van der Waals surface area contributed by atoms with Crippen LogP contribution in [-0.2, 0) is 17.8 Å². The van der Waals surface area contributed by atoms with Gasteiger partial charge in [-0.1, -0.05) is 24.3 Å². The number of hydrogen-bond acceptors (Lipinski definition) is 5. The molecule has 0 unspecified atom stereocenters. The lowest BCUT2D eigenvalue weighted by atomic mass is 9.87. The van der Waals surface area contributed by atoms with Crippen molar-refractivity contribution in [2.24, 2.45) is 5.92 Å². The number of nitrogens with zero attached hydrogens (tertiary/aromatic N) is 2. The molecule has 1 aromatic heterocycles. The van der Waals surface area contributed by atoms with E-state index in [1.54, 1.807) is 12.1 Å². The number of amides is 2. The molecule has 35 heavy (non-hydrogen) atoms. The Labute approximate surface area is 202 Å². The number of hydrogen-bond donors (Lipinski definition) is 1. The third kappa shape index (κ3) is 4.96. The summed E-state index contributed by atoms with van der Waals surface area (Å²) in [6, 6.07) is 11.8. The molecule has 5 rings (SSSR count). The van der Waals surface area contributed by atoms with Crippen LogP contribution >= 0.6 is 0 Å². The number of halogens is 1. The van der Waals surface area contributed by atoms with Gasteiger partial charge >= 0.3 is 0 Å². The molecular formula is C27H26FN3O4. The molecule has 2 aromatic carbocycles. The normalized spacial score (nSPS) is 16.9. The number of aromatic nitrogens is 1. The van der Waals surface area contributed by atoms with Crippen LogP contribution in [0.3, 0.4) is 0 Å². The molecule has 7 nitrogen and oxygen atoms in total. The molecule has 1 N–H and O–H groups in total. The highest BCUT2D eigenvalue weighted by atomic mass is 19.1. The summed E-state index contributed by atoms with van der Waals surface area (Å²) in [5.74, 6) is 0.332. The van der Waals surface area contributed by atoms with Gasteiger partial charge in [-0.05, 0) is 60.2 Å². The molecule has 0 spiro atoms. The minimum atomic E-state index is -0.381. The second-order valence-corrected chi connectivity index (χ2v) is 8.79. The number of carbonyl (C=O) groups excluding carboxylic acids is 2. The topological polar surface area (TPSA) is 84.7 Å². The summed E-state index contributed by atoms with van der Waals surface area (Å²) in [5.41, 5.74) is 2.92. The van der Waals surface area contributed by atoms with E-state index in [4.69, 9.17) is 9.15 Å². The van der Waals surface area contributed by atoms with Crippen molar-refractivity contribution in [1.82, 2.24) is 15.2 Å². The molecule has 1 fully saturated rings. The number of carbonyl (C=O) groups is 2. The smallest absolute Gasteiger partial charge is 0.273 e. The van der Waals surface area contributed by atoms with E-state index in [0.717, 1.165) is 36.0 Å². The Balaban J connectivity index is 1.38. The first-order chi connectivity index (χ1) is 17.0. The summed E-state index contributed by atoms with van der Waals surface area (Å²) < 4.78 is 25.4. The van der Waals surface area contributed by atoms with Crippen LogP contribution in [-0.4, -0.2) is 34.8 Å². The van der Waals surface area contributed by atoms with Crippen molar-refractivity contribution < 1.29 is 23.1 Å². The maximum Gasteiger partial charge on any atom is 0.273 e. The fraction of sp³-hybridized carbons (Fsp3) is 0.296. The van der Waals surface area contributed by atoms with E-state index in [2.05, 4.69) is 16.9 Å². The zero-order chi connectivity index (χ0) is 24.4.